The van der Waals surface area contributed by atoms with Crippen LogP contribution in [-0.4, -0.2) is 15.8 Å². The molecule has 5 heteroatoms. The molecule has 24 heavy (non-hydrogen) atoms. The topological polar surface area (TPSA) is 75.9 Å². The fourth-order valence-electron chi connectivity index (χ4n) is 2.20. The van der Waals surface area contributed by atoms with E-state index in [1.807, 2.05) is 6.07 Å². The second-order valence-electron chi connectivity index (χ2n) is 5.00. The number of hydrogen-bond acceptors (Lipinski definition) is 5. The van der Waals surface area contributed by atoms with Crippen molar-refractivity contribution < 1.29 is 9.53 Å². The highest BCUT2D eigenvalue weighted by Gasteiger charge is 2.22. The van der Waals surface area contributed by atoms with E-state index in [1.54, 1.807) is 73.2 Å². The van der Waals surface area contributed by atoms with Gasteiger partial charge in [0.15, 0.2) is 11.7 Å². The maximum atomic E-state index is 12.5. The summed E-state index contributed by atoms with van der Waals surface area (Å²) in [5, 5.41) is 9.32. The van der Waals surface area contributed by atoms with Gasteiger partial charge in [-0.15, -0.1) is 0 Å². The van der Waals surface area contributed by atoms with Crippen LogP contribution in [0.5, 0.6) is 11.5 Å². The van der Waals surface area contributed by atoms with Crippen molar-refractivity contribution in [2.45, 2.75) is 5.92 Å². The fourth-order valence-corrected chi connectivity index (χ4v) is 2.20. The van der Waals surface area contributed by atoms with Crippen LogP contribution in [0.1, 0.15) is 22.0 Å². The average Bonchev–Trinajstić information content (AvgIpc) is 2.65. The highest BCUT2D eigenvalue weighted by atomic mass is 16.5. The molecule has 0 fully saturated rings. The van der Waals surface area contributed by atoms with Gasteiger partial charge in [-0.2, -0.15) is 5.26 Å². The molecule has 0 radical (unpaired) electrons. The number of nitrogens with zero attached hydrogens (tertiary/aromatic N) is 3. The summed E-state index contributed by atoms with van der Waals surface area (Å²) in [4.78, 5) is 20.6. The van der Waals surface area contributed by atoms with Gasteiger partial charge in [-0.05, 0) is 48.5 Å². The molecule has 0 amide bonds. The van der Waals surface area contributed by atoms with Gasteiger partial charge in [0.25, 0.3) is 0 Å². The second kappa shape index (κ2) is 7.16. The zero-order valence-electron chi connectivity index (χ0n) is 12.7. The number of hydrogen-bond donors (Lipinski definition) is 0. The summed E-state index contributed by atoms with van der Waals surface area (Å²) in [7, 11) is 0. The van der Waals surface area contributed by atoms with Crippen LogP contribution < -0.4 is 4.74 Å². The second-order valence-corrected chi connectivity index (χ2v) is 5.00. The third-order valence-electron chi connectivity index (χ3n) is 3.38. The third kappa shape index (κ3) is 3.45. The molecular formula is C19H13N3O2. The van der Waals surface area contributed by atoms with Gasteiger partial charge in [0, 0.05) is 18.0 Å². The van der Waals surface area contributed by atoms with E-state index in [9.17, 15) is 10.1 Å². The molecule has 1 atom stereocenters. The molecule has 2 aromatic heterocycles. The molecule has 1 aromatic carbocycles. The number of Topliss-reactive ketones (excluding diaryl/α,β-unsaturated/α-hetero) is 1. The molecule has 0 N–H and O–H groups in total. The Bertz CT molecular complexity index is 857. The number of ether oxygens (including phenoxy) is 1. The SMILES string of the molecule is N#C[C@@H](C(=O)c1ccc(Oc2cccnc2)cc1)c1ccccn1. The molecule has 0 saturated carbocycles. The van der Waals surface area contributed by atoms with Gasteiger partial charge in [0.1, 0.15) is 11.5 Å². The minimum atomic E-state index is -0.920. The van der Waals surface area contributed by atoms with Gasteiger partial charge in [-0.25, -0.2) is 0 Å². The number of ketones is 1. The predicted molar refractivity (Wildman–Crippen MR) is 87.7 cm³/mol. The molecule has 0 spiro atoms. The smallest absolute Gasteiger partial charge is 0.186 e. The lowest BCUT2D eigenvalue weighted by molar-refractivity contribution is 0.0977. The Labute approximate surface area is 139 Å². The quantitative estimate of drug-likeness (QED) is 0.670. The van der Waals surface area contributed by atoms with E-state index in [0.717, 1.165) is 0 Å². The first-order chi connectivity index (χ1) is 11.8. The molecule has 0 aliphatic carbocycles. The van der Waals surface area contributed by atoms with Gasteiger partial charge < -0.3 is 4.74 Å². The van der Waals surface area contributed by atoms with Crippen molar-refractivity contribution in [2.24, 2.45) is 0 Å². The van der Waals surface area contributed by atoms with E-state index in [0.29, 0.717) is 22.8 Å². The summed E-state index contributed by atoms with van der Waals surface area (Å²) in [5.41, 5.74) is 0.881. The highest BCUT2D eigenvalue weighted by Crippen LogP contribution is 2.23. The largest absolute Gasteiger partial charge is 0.456 e. The molecular weight excluding hydrogens is 302 g/mol. The van der Waals surface area contributed by atoms with Gasteiger partial charge in [0.2, 0.25) is 0 Å². The number of benzene rings is 1. The first kappa shape index (κ1) is 15.4. The normalized spacial score (nSPS) is 11.3. The van der Waals surface area contributed by atoms with E-state index in [1.165, 1.54) is 0 Å². The van der Waals surface area contributed by atoms with Crippen LogP contribution in [0.2, 0.25) is 0 Å². The number of carbonyl (C=O) groups is 1. The first-order valence-electron chi connectivity index (χ1n) is 7.30. The summed E-state index contributed by atoms with van der Waals surface area (Å²) in [6.07, 6.45) is 4.83. The van der Waals surface area contributed by atoms with E-state index < -0.39 is 5.92 Å². The zero-order valence-corrected chi connectivity index (χ0v) is 12.7. The molecule has 0 bridgehead atoms. The van der Waals surface area contributed by atoms with Crippen LogP contribution >= 0.6 is 0 Å². The summed E-state index contributed by atoms with van der Waals surface area (Å²) in [6.45, 7) is 0. The van der Waals surface area contributed by atoms with Crippen molar-refractivity contribution in [1.29, 1.82) is 5.26 Å². The van der Waals surface area contributed by atoms with E-state index in [4.69, 9.17) is 4.74 Å². The first-order valence-corrected chi connectivity index (χ1v) is 7.30. The summed E-state index contributed by atoms with van der Waals surface area (Å²) < 4.78 is 5.63. The molecule has 0 saturated heterocycles. The van der Waals surface area contributed by atoms with Crippen LogP contribution in [0, 0.1) is 11.3 Å². The molecule has 0 aliphatic rings. The number of pyridine rings is 2. The van der Waals surface area contributed by atoms with Gasteiger partial charge in [0.05, 0.1) is 18.0 Å². The van der Waals surface area contributed by atoms with Crippen molar-refractivity contribution in [1.82, 2.24) is 9.97 Å². The minimum Gasteiger partial charge on any atom is -0.456 e. The monoisotopic (exact) mass is 315 g/mol. The van der Waals surface area contributed by atoms with E-state index >= 15 is 0 Å². The number of rotatable bonds is 5. The lowest BCUT2D eigenvalue weighted by atomic mass is 9.95. The summed E-state index contributed by atoms with van der Waals surface area (Å²) in [6, 6.07) is 17.4. The van der Waals surface area contributed by atoms with Gasteiger partial charge in [-0.3, -0.25) is 14.8 Å². The Hall–Kier alpha value is -3.52. The Morgan fingerprint density at radius 1 is 1.00 bits per heavy atom. The highest BCUT2D eigenvalue weighted by molar-refractivity contribution is 6.02. The van der Waals surface area contributed by atoms with E-state index in [2.05, 4.69) is 9.97 Å². The van der Waals surface area contributed by atoms with Crippen LogP contribution in [0.3, 0.4) is 0 Å². The molecule has 0 aliphatic heterocycles. The molecule has 2 heterocycles. The molecule has 3 aromatic rings. The fraction of sp³-hybridized carbons (Fsp3) is 0.0526. The predicted octanol–water partition coefficient (Wildman–Crippen LogP) is 3.76. The third-order valence-corrected chi connectivity index (χ3v) is 3.38. The molecule has 5 nitrogen and oxygen atoms in total. The Balaban J connectivity index is 1.77. The molecule has 3 rings (SSSR count). The number of aromatic nitrogens is 2. The van der Waals surface area contributed by atoms with Gasteiger partial charge in [-0.1, -0.05) is 6.07 Å². The lowest BCUT2D eigenvalue weighted by Crippen LogP contribution is -2.12. The van der Waals surface area contributed by atoms with Gasteiger partial charge >= 0.3 is 0 Å². The number of nitriles is 1. The zero-order chi connectivity index (χ0) is 16.8. The summed E-state index contributed by atoms with van der Waals surface area (Å²) >= 11 is 0. The maximum Gasteiger partial charge on any atom is 0.186 e. The minimum absolute atomic E-state index is 0.288. The summed E-state index contributed by atoms with van der Waals surface area (Å²) in [5.74, 6) is -0.00808. The van der Waals surface area contributed by atoms with Crippen molar-refractivity contribution in [3.8, 4) is 17.6 Å². The van der Waals surface area contributed by atoms with Crippen LogP contribution in [-0.2, 0) is 0 Å². The van der Waals surface area contributed by atoms with Crippen molar-refractivity contribution in [3.63, 3.8) is 0 Å². The Kier molecular flexibility index (Phi) is 4.59. The van der Waals surface area contributed by atoms with Crippen LogP contribution in [0.25, 0.3) is 0 Å². The van der Waals surface area contributed by atoms with Crippen molar-refractivity contribution in [3.05, 3.63) is 84.4 Å². The van der Waals surface area contributed by atoms with Crippen molar-refractivity contribution in [2.75, 3.05) is 0 Å². The standard InChI is InChI=1S/C19H13N3O2/c20-12-17(18-5-1-2-11-22-18)19(23)14-6-8-15(9-7-14)24-16-4-3-10-21-13-16/h1-11,13,17H/t17-/m1/s1. The van der Waals surface area contributed by atoms with E-state index in [-0.39, 0.29) is 5.78 Å². The van der Waals surface area contributed by atoms with Crippen LogP contribution in [0.15, 0.2) is 73.2 Å². The molecule has 116 valence electrons. The maximum absolute atomic E-state index is 12.5. The number of carbonyl (C=O) groups excluding carboxylic acids is 1. The van der Waals surface area contributed by atoms with Crippen LogP contribution in [0.4, 0.5) is 0 Å². The van der Waals surface area contributed by atoms with Crippen molar-refractivity contribution >= 4 is 5.78 Å². The Morgan fingerprint density at radius 3 is 2.46 bits per heavy atom. The Morgan fingerprint density at radius 2 is 1.83 bits per heavy atom. The molecule has 0 unspecified atom stereocenters. The average molecular weight is 315 g/mol. The lowest BCUT2D eigenvalue weighted by Gasteiger charge is -2.09.